The Kier molecular flexibility index (Phi) is 2.88. The third-order valence-corrected chi connectivity index (χ3v) is 3.71. The van der Waals surface area contributed by atoms with Crippen molar-refractivity contribution < 1.29 is 0 Å². The lowest BCUT2D eigenvalue weighted by molar-refractivity contribution is 0.824. The maximum absolute atomic E-state index is 4.50. The van der Waals surface area contributed by atoms with Crippen LogP contribution in [0.1, 0.15) is 24.1 Å². The molecule has 0 amide bonds. The Morgan fingerprint density at radius 2 is 2.05 bits per heavy atom. The maximum Gasteiger partial charge on any atom is 0.222 e. The van der Waals surface area contributed by atoms with Crippen molar-refractivity contribution >= 4 is 22.7 Å². The van der Waals surface area contributed by atoms with Crippen LogP contribution in [0.25, 0.3) is 11.0 Å². The Hall–Kier alpha value is -2.69. The van der Waals surface area contributed by atoms with Crippen LogP contribution in [0.3, 0.4) is 0 Å². The molecule has 0 saturated heterocycles. The van der Waals surface area contributed by atoms with Gasteiger partial charge in [0, 0.05) is 6.20 Å². The number of benzene rings is 1. The molecule has 104 valence electrons. The molecule has 0 radical (unpaired) electrons. The molecule has 0 unspecified atom stereocenters. The van der Waals surface area contributed by atoms with Gasteiger partial charge in [0.15, 0.2) is 0 Å². The van der Waals surface area contributed by atoms with E-state index in [0.717, 1.165) is 41.7 Å². The number of anilines is 1. The monoisotopic (exact) mass is 277 g/mol. The summed E-state index contributed by atoms with van der Waals surface area (Å²) in [6.45, 7) is 0. The summed E-state index contributed by atoms with van der Waals surface area (Å²) in [5, 5.41) is 4.50. The molecule has 5 heteroatoms. The highest BCUT2D eigenvalue weighted by Crippen LogP contribution is 2.20. The van der Waals surface area contributed by atoms with Crippen molar-refractivity contribution in [1.82, 2.24) is 15.0 Å². The molecule has 4 rings (SSSR count). The van der Waals surface area contributed by atoms with Crippen molar-refractivity contribution in [1.29, 1.82) is 0 Å². The number of pyridine rings is 1. The number of hydrazone groups is 1. The van der Waals surface area contributed by atoms with Crippen LogP contribution in [-0.2, 0) is 6.42 Å². The van der Waals surface area contributed by atoms with Gasteiger partial charge in [-0.2, -0.15) is 5.10 Å². The Morgan fingerprint density at radius 1 is 1.10 bits per heavy atom. The molecule has 1 aliphatic rings. The normalized spacial score (nSPS) is 16.1. The molecule has 5 nitrogen and oxygen atoms in total. The molecule has 2 N–H and O–H groups in total. The summed E-state index contributed by atoms with van der Waals surface area (Å²) in [5.74, 6) is 0.659. The molecule has 0 atom stereocenters. The SMILES string of the molecule is c1cnc2c(c1)CCC/C2=N\Nc1nc2ccccc2[nH]1. The second kappa shape index (κ2) is 5.01. The number of aromatic nitrogens is 3. The number of H-pyrrole nitrogens is 1. The van der Waals surface area contributed by atoms with E-state index in [0.29, 0.717) is 5.95 Å². The first-order valence-corrected chi connectivity index (χ1v) is 7.12. The summed E-state index contributed by atoms with van der Waals surface area (Å²) < 4.78 is 0. The lowest BCUT2D eigenvalue weighted by Gasteiger charge is -2.15. The van der Waals surface area contributed by atoms with Crippen LogP contribution in [0.5, 0.6) is 0 Å². The number of hydrogen-bond acceptors (Lipinski definition) is 4. The number of nitrogens with zero attached hydrogens (tertiary/aromatic N) is 3. The van der Waals surface area contributed by atoms with Gasteiger partial charge in [-0.3, -0.25) is 4.98 Å². The van der Waals surface area contributed by atoms with Gasteiger partial charge >= 0.3 is 0 Å². The second-order valence-corrected chi connectivity index (χ2v) is 5.14. The highest BCUT2D eigenvalue weighted by Gasteiger charge is 2.16. The van der Waals surface area contributed by atoms with Crippen LogP contribution < -0.4 is 5.43 Å². The number of hydrogen-bond donors (Lipinski definition) is 2. The highest BCUT2D eigenvalue weighted by molar-refractivity contribution is 6.01. The zero-order chi connectivity index (χ0) is 14.1. The van der Waals surface area contributed by atoms with Gasteiger partial charge in [0.05, 0.1) is 22.4 Å². The van der Waals surface area contributed by atoms with Crippen molar-refractivity contribution in [2.75, 3.05) is 5.43 Å². The number of aryl methyl sites for hydroxylation is 1. The number of nitrogens with one attached hydrogen (secondary N) is 2. The van der Waals surface area contributed by atoms with E-state index in [4.69, 9.17) is 0 Å². The third-order valence-electron chi connectivity index (χ3n) is 3.71. The van der Waals surface area contributed by atoms with Gasteiger partial charge in [0.2, 0.25) is 5.95 Å². The average Bonchev–Trinajstić information content (AvgIpc) is 2.96. The number of fused-ring (bicyclic) bond motifs is 2. The Morgan fingerprint density at radius 3 is 3.00 bits per heavy atom. The van der Waals surface area contributed by atoms with E-state index in [1.807, 2.05) is 36.5 Å². The molecule has 21 heavy (non-hydrogen) atoms. The van der Waals surface area contributed by atoms with E-state index in [1.54, 1.807) is 0 Å². The third kappa shape index (κ3) is 2.27. The quantitative estimate of drug-likeness (QED) is 0.707. The molecular formula is C16H15N5. The molecule has 2 aromatic heterocycles. The first kappa shape index (κ1) is 12.1. The smallest absolute Gasteiger partial charge is 0.222 e. The van der Waals surface area contributed by atoms with Gasteiger partial charge in [0.25, 0.3) is 0 Å². The molecule has 0 fully saturated rings. The molecule has 0 spiro atoms. The van der Waals surface area contributed by atoms with E-state index in [-0.39, 0.29) is 0 Å². The lowest BCUT2D eigenvalue weighted by Crippen LogP contribution is -2.15. The van der Waals surface area contributed by atoms with E-state index < -0.39 is 0 Å². The van der Waals surface area contributed by atoms with Crippen LogP contribution in [0.4, 0.5) is 5.95 Å². The molecular weight excluding hydrogens is 262 g/mol. The Bertz CT molecular complexity index is 785. The lowest BCUT2D eigenvalue weighted by atomic mass is 9.95. The maximum atomic E-state index is 4.50. The van der Waals surface area contributed by atoms with Crippen LogP contribution in [-0.4, -0.2) is 20.7 Å². The first-order valence-electron chi connectivity index (χ1n) is 7.12. The predicted octanol–water partition coefficient (Wildman–Crippen LogP) is 3.11. The summed E-state index contributed by atoms with van der Waals surface area (Å²) >= 11 is 0. The Labute approximate surface area is 122 Å². The minimum Gasteiger partial charge on any atom is -0.323 e. The summed E-state index contributed by atoms with van der Waals surface area (Å²) in [4.78, 5) is 12.1. The van der Waals surface area contributed by atoms with Gasteiger partial charge in [0.1, 0.15) is 0 Å². The van der Waals surface area contributed by atoms with Gasteiger partial charge in [-0.15, -0.1) is 0 Å². The van der Waals surface area contributed by atoms with E-state index in [1.165, 1.54) is 5.56 Å². The molecule has 1 aromatic carbocycles. The van der Waals surface area contributed by atoms with Crippen molar-refractivity contribution in [3.8, 4) is 0 Å². The van der Waals surface area contributed by atoms with Crippen LogP contribution >= 0.6 is 0 Å². The summed E-state index contributed by atoms with van der Waals surface area (Å²) in [6, 6.07) is 12.0. The van der Waals surface area contributed by atoms with Crippen LogP contribution in [0.2, 0.25) is 0 Å². The highest BCUT2D eigenvalue weighted by atomic mass is 15.4. The zero-order valence-corrected chi connectivity index (χ0v) is 11.5. The molecule has 0 aliphatic heterocycles. The van der Waals surface area contributed by atoms with Gasteiger partial charge in [-0.1, -0.05) is 18.2 Å². The molecule has 0 bridgehead atoms. The standard InChI is InChI=1S/C16H15N5/c1-2-8-13-12(7-1)18-16(19-13)21-20-14-9-3-5-11-6-4-10-17-15(11)14/h1-2,4,6-8,10H,3,5,9H2,(H2,18,19,21)/b20-14+. The molecule has 2 heterocycles. The number of imidazole rings is 1. The second-order valence-electron chi connectivity index (χ2n) is 5.14. The van der Waals surface area contributed by atoms with Crippen molar-refractivity contribution in [3.63, 3.8) is 0 Å². The summed E-state index contributed by atoms with van der Waals surface area (Å²) in [7, 11) is 0. The van der Waals surface area contributed by atoms with Crippen molar-refractivity contribution in [3.05, 3.63) is 53.9 Å². The van der Waals surface area contributed by atoms with E-state index in [2.05, 4.69) is 31.5 Å². The van der Waals surface area contributed by atoms with Crippen LogP contribution in [0, 0.1) is 0 Å². The average molecular weight is 277 g/mol. The molecule has 0 saturated carbocycles. The molecule has 3 aromatic rings. The van der Waals surface area contributed by atoms with Crippen LogP contribution in [0.15, 0.2) is 47.7 Å². The number of rotatable bonds is 2. The largest absolute Gasteiger partial charge is 0.323 e. The number of para-hydroxylation sites is 2. The van der Waals surface area contributed by atoms with Gasteiger partial charge in [-0.25, -0.2) is 10.4 Å². The van der Waals surface area contributed by atoms with Gasteiger partial charge < -0.3 is 4.98 Å². The fraction of sp³-hybridized carbons (Fsp3) is 0.188. The zero-order valence-electron chi connectivity index (χ0n) is 11.5. The first-order chi connectivity index (χ1) is 10.4. The summed E-state index contributed by atoms with van der Waals surface area (Å²) in [5.41, 5.74) is 8.24. The molecule has 1 aliphatic carbocycles. The van der Waals surface area contributed by atoms with Crippen molar-refractivity contribution in [2.24, 2.45) is 5.10 Å². The topological polar surface area (TPSA) is 66.0 Å². The van der Waals surface area contributed by atoms with E-state index >= 15 is 0 Å². The fourth-order valence-corrected chi connectivity index (χ4v) is 2.70. The predicted molar refractivity (Wildman–Crippen MR) is 83.4 cm³/mol. The van der Waals surface area contributed by atoms with Gasteiger partial charge in [-0.05, 0) is 43.0 Å². The fourth-order valence-electron chi connectivity index (χ4n) is 2.70. The minimum atomic E-state index is 0.659. The Balaban J connectivity index is 1.64. The number of aromatic amines is 1. The van der Waals surface area contributed by atoms with Crippen molar-refractivity contribution in [2.45, 2.75) is 19.3 Å². The summed E-state index contributed by atoms with van der Waals surface area (Å²) in [6.07, 6.45) is 4.95. The van der Waals surface area contributed by atoms with E-state index in [9.17, 15) is 0 Å². The minimum absolute atomic E-state index is 0.659.